The van der Waals surface area contributed by atoms with Crippen molar-refractivity contribution >= 4 is 5.82 Å². The highest BCUT2D eigenvalue weighted by Gasteiger charge is 2.09. The third-order valence-corrected chi connectivity index (χ3v) is 2.94. The topological polar surface area (TPSA) is 62.0 Å². The van der Waals surface area contributed by atoms with E-state index >= 15 is 0 Å². The van der Waals surface area contributed by atoms with Crippen LogP contribution in [0.3, 0.4) is 0 Å². The van der Waals surface area contributed by atoms with Gasteiger partial charge < -0.3 is 9.64 Å². The summed E-state index contributed by atoms with van der Waals surface area (Å²) in [6.07, 6.45) is 0. The highest BCUT2D eigenvalue weighted by atomic mass is 16.5. The van der Waals surface area contributed by atoms with Crippen molar-refractivity contribution in [3.63, 3.8) is 0 Å². The molecule has 5 nitrogen and oxygen atoms in total. The molecule has 1 heterocycles. The van der Waals surface area contributed by atoms with Crippen LogP contribution in [0, 0.1) is 18.3 Å². The maximum absolute atomic E-state index is 9.07. The summed E-state index contributed by atoms with van der Waals surface area (Å²) in [5.74, 6) is 2.07. The fourth-order valence-electron chi connectivity index (χ4n) is 1.87. The molecule has 2 rings (SSSR count). The van der Waals surface area contributed by atoms with Crippen LogP contribution in [0.25, 0.3) is 11.4 Å². The summed E-state index contributed by atoms with van der Waals surface area (Å²) in [6, 6.07) is 9.45. The van der Waals surface area contributed by atoms with Gasteiger partial charge in [0.05, 0.1) is 7.11 Å². The standard InChI is InChI=1S/C15H16N4O/c1-10-7-11(5-6-13(10)20-4)15-17-12(9-16)8-14(18-15)19(2)3/h5-8H,1-4H3. The molecule has 0 amide bonds. The number of nitriles is 1. The van der Waals surface area contributed by atoms with Gasteiger partial charge in [-0.3, -0.25) is 0 Å². The van der Waals surface area contributed by atoms with E-state index in [2.05, 4.69) is 16.0 Å². The van der Waals surface area contributed by atoms with E-state index in [1.165, 1.54) is 0 Å². The second kappa shape index (κ2) is 5.57. The SMILES string of the molecule is COc1ccc(-c2nc(C#N)cc(N(C)C)n2)cc1C. The van der Waals surface area contributed by atoms with Crippen LogP contribution in [0.5, 0.6) is 5.75 Å². The van der Waals surface area contributed by atoms with Gasteiger partial charge >= 0.3 is 0 Å². The smallest absolute Gasteiger partial charge is 0.163 e. The average molecular weight is 268 g/mol. The van der Waals surface area contributed by atoms with Crippen molar-refractivity contribution in [3.8, 4) is 23.2 Å². The third kappa shape index (κ3) is 2.69. The summed E-state index contributed by atoms with van der Waals surface area (Å²) in [7, 11) is 5.40. The zero-order valence-electron chi connectivity index (χ0n) is 12.0. The van der Waals surface area contributed by atoms with Crippen molar-refractivity contribution in [1.82, 2.24) is 9.97 Å². The van der Waals surface area contributed by atoms with Gasteiger partial charge in [-0.15, -0.1) is 0 Å². The van der Waals surface area contributed by atoms with Gasteiger partial charge in [-0.2, -0.15) is 5.26 Å². The van der Waals surface area contributed by atoms with Crippen molar-refractivity contribution in [2.45, 2.75) is 6.92 Å². The van der Waals surface area contributed by atoms with E-state index in [1.807, 2.05) is 44.1 Å². The van der Waals surface area contributed by atoms with Crippen LogP contribution >= 0.6 is 0 Å². The Bertz CT molecular complexity index is 674. The Morgan fingerprint density at radius 3 is 2.50 bits per heavy atom. The highest BCUT2D eigenvalue weighted by molar-refractivity contribution is 5.61. The van der Waals surface area contributed by atoms with Crippen LogP contribution in [-0.4, -0.2) is 31.2 Å². The predicted molar refractivity (Wildman–Crippen MR) is 77.8 cm³/mol. The van der Waals surface area contributed by atoms with E-state index < -0.39 is 0 Å². The van der Waals surface area contributed by atoms with Crippen LogP contribution in [0.1, 0.15) is 11.3 Å². The fourth-order valence-corrected chi connectivity index (χ4v) is 1.87. The van der Waals surface area contributed by atoms with Crippen molar-refractivity contribution in [3.05, 3.63) is 35.5 Å². The second-order valence-electron chi connectivity index (χ2n) is 4.63. The Kier molecular flexibility index (Phi) is 3.85. The molecule has 0 aliphatic heterocycles. The number of aromatic nitrogens is 2. The van der Waals surface area contributed by atoms with Gasteiger partial charge in [-0.05, 0) is 30.7 Å². The lowest BCUT2D eigenvalue weighted by Gasteiger charge is -2.13. The lowest BCUT2D eigenvalue weighted by molar-refractivity contribution is 0.412. The molecule has 2 aromatic rings. The molecule has 0 saturated heterocycles. The molecule has 20 heavy (non-hydrogen) atoms. The first kappa shape index (κ1) is 13.8. The van der Waals surface area contributed by atoms with E-state index in [-0.39, 0.29) is 0 Å². The number of hydrogen-bond acceptors (Lipinski definition) is 5. The number of aryl methyl sites for hydroxylation is 1. The molecule has 0 bridgehead atoms. The second-order valence-corrected chi connectivity index (χ2v) is 4.63. The first-order valence-corrected chi connectivity index (χ1v) is 6.16. The molecule has 0 saturated carbocycles. The Balaban J connectivity index is 2.54. The Morgan fingerprint density at radius 1 is 1.20 bits per heavy atom. The highest BCUT2D eigenvalue weighted by Crippen LogP contribution is 2.25. The van der Waals surface area contributed by atoms with Gasteiger partial charge in [0, 0.05) is 25.7 Å². The number of methoxy groups -OCH3 is 1. The van der Waals surface area contributed by atoms with E-state index in [0.717, 1.165) is 16.9 Å². The van der Waals surface area contributed by atoms with Crippen LogP contribution < -0.4 is 9.64 Å². The van der Waals surface area contributed by atoms with Gasteiger partial charge in [0.1, 0.15) is 23.3 Å². The van der Waals surface area contributed by atoms with Crippen molar-refractivity contribution in [2.75, 3.05) is 26.1 Å². The number of nitrogens with zero attached hydrogens (tertiary/aromatic N) is 4. The fraction of sp³-hybridized carbons (Fsp3) is 0.267. The van der Waals surface area contributed by atoms with Gasteiger partial charge in [-0.25, -0.2) is 9.97 Å². The normalized spacial score (nSPS) is 9.95. The van der Waals surface area contributed by atoms with E-state index in [0.29, 0.717) is 17.3 Å². The third-order valence-electron chi connectivity index (χ3n) is 2.94. The zero-order valence-corrected chi connectivity index (χ0v) is 12.0. The minimum Gasteiger partial charge on any atom is -0.496 e. The van der Waals surface area contributed by atoms with E-state index in [1.54, 1.807) is 13.2 Å². The summed E-state index contributed by atoms with van der Waals surface area (Å²) in [5.41, 5.74) is 2.22. The van der Waals surface area contributed by atoms with Crippen molar-refractivity contribution < 1.29 is 4.74 Å². The first-order chi connectivity index (χ1) is 9.55. The Labute approximate surface area is 118 Å². The molecular weight excluding hydrogens is 252 g/mol. The number of ether oxygens (including phenoxy) is 1. The summed E-state index contributed by atoms with van der Waals surface area (Å²) in [5, 5.41) is 9.07. The summed E-state index contributed by atoms with van der Waals surface area (Å²) >= 11 is 0. The molecule has 0 unspecified atom stereocenters. The largest absolute Gasteiger partial charge is 0.496 e. The molecule has 0 N–H and O–H groups in total. The molecule has 0 fully saturated rings. The van der Waals surface area contributed by atoms with Crippen LogP contribution in [0.15, 0.2) is 24.3 Å². The van der Waals surface area contributed by atoms with Crippen molar-refractivity contribution in [1.29, 1.82) is 5.26 Å². The van der Waals surface area contributed by atoms with Crippen molar-refractivity contribution in [2.24, 2.45) is 0 Å². The van der Waals surface area contributed by atoms with Crippen LogP contribution in [0.2, 0.25) is 0 Å². The number of benzene rings is 1. The quantitative estimate of drug-likeness (QED) is 0.855. The lowest BCUT2D eigenvalue weighted by atomic mass is 10.1. The van der Waals surface area contributed by atoms with Gasteiger partial charge in [-0.1, -0.05) is 0 Å². The van der Waals surface area contributed by atoms with E-state index in [9.17, 15) is 0 Å². The maximum Gasteiger partial charge on any atom is 0.163 e. The minimum absolute atomic E-state index is 0.354. The Morgan fingerprint density at radius 2 is 1.95 bits per heavy atom. The molecular formula is C15H16N4O. The monoisotopic (exact) mass is 268 g/mol. The molecule has 102 valence electrons. The average Bonchev–Trinajstić information content (AvgIpc) is 2.46. The molecule has 1 aromatic heterocycles. The van der Waals surface area contributed by atoms with Crippen LogP contribution in [0.4, 0.5) is 5.82 Å². The molecule has 0 radical (unpaired) electrons. The summed E-state index contributed by atoms with van der Waals surface area (Å²) in [6.45, 7) is 1.96. The molecule has 0 spiro atoms. The van der Waals surface area contributed by atoms with Gasteiger partial charge in [0.15, 0.2) is 5.82 Å². The molecule has 5 heteroatoms. The predicted octanol–water partition coefficient (Wildman–Crippen LogP) is 2.40. The first-order valence-electron chi connectivity index (χ1n) is 6.16. The number of anilines is 1. The minimum atomic E-state index is 0.354. The van der Waals surface area contributed by atoms with Gasteiger partial charge in [0.2, 0.25) is 0 Å². The van der Waals surface area contributed by atoms with E-state index in [4.69, 9.17) is 10.00 Å². The molecule has 0 aliphatic carbocycles. The summed E-state index contributed by atoms with van der Waals surface area (Å²) in [4.78, 5) is 10.6. The molecule has 0 aliphatic rings. The molecule has 1 aromatic carbocycles. The number of hydrogen-bond donors (Lipinski definition) is 0. The van der Waals surface area contributed by atoms with Gasteiger partial charge in [0.25, 0.3) is 0 Å². The number of rotatable bonds is 3. The Hall–Kier alpha value is -2.61. The zero-order chi connectivity index (χ0) is 14.7. The summed E-state index contributed by atoms with van der Waals surface area (Å²) < 4.78 is 5.24. The molecule has 0 atom stereocenters. The maximum atomic E-state index is 9.07. The lowest BCUT2D eigenvalue weighted by Crippen LogP contribution is -2.12. The van der Waals surface area contributed by atoms with Crippen LogP contribution in [-0.2, 0) is 0 Å².